The molecule has 0 atom stereocenters. The lowest BCUT2D eigenvalue weighted by atomic mass is 10.2. The highest BCUT2D eigenvalue weighted by Crippen LogP contribution is 2.39. The average Bonchev–Trinajstić information content (AvgIpc) is 2.23. The zero-order valence-electron chi connectivity index (χ0n) is 9.01. The fraction of sp³-hybridized carbons (Fsp3) is 0.125. The lowest BCUT2D eigenvalue weighted by Gasteiger charge is -2.12. The number of halogens is 4. The monoisotopic (exact) mass is 330 g/mol. The molecule has 0 bridgehead atoms. The molecular formula is C8H2ClF3N2O5S. The van der Waals surface area contributed by atoms with Gasteiger partial charge in [0, 0.05) is 22.8 Å². The van der Waals surface area contributed by atoms with Gasteiger partial charge in [-0.3, -0.25) is 10.1 Å². The Morgan fingerprint density at radius 2 is 1.95 bits per heavy atom. The van der Waals surface area contributed by atoms with E-state index in [9.17, 15) is 31.7 Å². The van der Waals surface area contributed by atoms with Crippen molar-refractivity contribution in [3.8, 4) is 11.8 Å². The summed E-state index contributed by atoms with van der Waals surface area (Å²) < 4.78 is 62.3. The summed E-state index contributed by atoms with van der Waals surface area (Å²) in [7, 11) is -0.0355. The number of hydrogen-bond donors (Lipinski definition) is 0. The standard InChI is InChI=1S/C8H2ClF3N2O5S/c9-20(17,18)7-5(14(15)16)1-4(3-13)2-6(7)19-8(10,11)12/h1-2H. The molecule has 1 rings (SSSR count). The van der Waals surface area contributed by atoms with Crippen LogP contribution in [-0.2, 0) is 9.05 Å². The minimum atomic E-state index is -5.32. The van der Waals surface area contributed by atoms with Crippen LogP contribution in [0.25, 0.3) is 0 Å². The maximum absolute atomic E-state index is 12.2. The summed E-state index contributed by atoms with van der Waals surface area (Å²) >= 11 is 0. The van der Waals surface area contributed by atoms with Gasteiger partial charge in [-0.15, -0.1) is 13.2 Å². The quantitative estimate of drug-likeness (QED) is 0.477. The molecule has 0 fully saturated rings. The predicted molar refractivity (Wildman–Crippen MR) is 57.5 cm³/mol. The first-order valence-electron chi connectivity index (χ1n) is 4.38. The third kappa shape index (κ3) is 3.72. The number of alkyl halides is 3. The van der Waals surface area contributed by atoms with Gasteiger partial charge in [-0.2, -0.15) is 5.26 Å². The van der Waals surface area contributed by atoms with Crippen molar-refractivity contribution in [1.29, 1.82) is 5.26 Å². The minimum absolute atomic E-state index is 0.385. The number of nitrogens with zero attached hydrogens (tertiary/aromatic N) is 2. The first kappa shape index (κ1) is 16.0. The Labute approximate surface area is 113 Å². The van der Waals surface area contributed by atoms with Crippen LogP contribution in [0.5, 0.6) is 5.75 Å². The number of nitro benzene ring substituents is 1. The Bertz CT molecular complexity index is 710. The summed E-state index contributed by atoms with van der Waals surface area (Å²) in [5.41, 5.74) is -1.89. The molecule has 108 valence electrons. The normalized spacial score (nSPS) is 11.8. The number of rotatable bonds is 3. The van der Waals surface area contributed by atoms with Crippen LogP contribution in [0.3, 0.4) is 0 Å². The van der Waals surface area contributed by atoms with E-state index in [0.29, 0.717) is 12.1 Å². The van der Waals surface area contributed by atoms with E-state index in [4.69, 9.17) is 15.9 Å². The van der Waals surface area contributed by atoms with Crippen LogP contribution in [0.4, 0.5) is 18.9 Å². The van der Waals surface area contributed by atoms with Crippen LogP contribution >= 0.6 is 10.7 Å². The van der Waals surface area contributed by atoms with Crippen molar-refractivity contribution < 1.29 is 31.2 Å². The molecule has 0 unspecified atom stereocenters. The number of nitriles is 1. The summed E-state index contributed by atoms with van der Waals surface area (Å²) in [6.07, 6.45) is -5.32. The molecule has 0 aromatic heterocycles. The van der Waals surface area contributed by atoms with Crippen LogP contribution in [-0.4, -0.2) is 19.7 Å². The Morgan fingerprint density at radius 3 is 2.30 bits per heavy atom. The topological polar surface area (TPSA) is 110 Å². The van der Waals surface area contributed by atoms with Crippen molar-refractivity contribution in [2.45, 2.75) is 11.3 Å². The Balaban J connectivity index is 3.75. The van der Waals surface area contributed by atoms with Gasteiger partial charge in [0.05, 0.1) is 16.6 Å². The third-order valence-corrected chi connectivity index (χ3v) is 3.19. The molecule has 0 radical (unpaired) electrons. The molecule has 20 heavy (non-hydrogen) atoms. The van der Waals surface area contributed by atoms with Crippen LogP contribution in [0.2, 0.25) is 0 Å². The van der Waals surface area contributed by atoms with Crippen molar-refractivity contribution >= 4 is 25.4 Å². The van der Waals surface area contributed by atoms with E-state index in [-0.39, 0.29) is 0 Å². The number of nitro groups is 1. The molecule has 0 spiro atoms. The molecule has 0 aliphatic carbocycles. The van der Waals surface area contributed by atoms with Gasteiger partial charge in [0.1, 0.15) is 0 Å². The SMILES string of the molecule is N#Cc1cc(OC(F)(F)F)c(S(=O)(=O)Cl)c([N+](=O)[O-])c1. The minimum Gasteiger partial charge on any atom is -0.404 e. The van der Waals surface area contributed by atoms with E-state index in [2.05, 4.69) is 4.74 Å². The largest absolute Gasteiger partial charge is 0.573 e. The van der Waals surface area contributed by atoms with Crippen LogP contribution in [0, 0.1) is 21.4 Å². The van der Waals surface area contributed by atoms with Gasteiger partial charge < -0.3 is 4.74 Å². The van der Waals surface area contributed by atoms with Crippen molar-refractivity contribution in [3.63, 3.8) is 0 Å². The molecule has 7 nitrogen and oxygen atoms in total. The smallest absolute Gasteiger partial charge is 0.404 e. The number of hydrogen-bond acceptors (Lipinski definition) is 6. The lowest BCUT2D eigenvalue weighted by molar-refractivity contribution is -0.388. The highest BCUT2D eigenvalue weighted by molar-refractivity contribution is 8.14. The molecule has 0 N–H and O–H groups in total. The fourth-order valence-corrected chi connectivity index (χ4v) is 2.42. The maximum Gasteiger partial charge on any atom is 0.573 e. The first-order chi connectivity index (χ1) is 8.95. The van der Waals surface area contributed by atoms with Gasteiger partial charge in [-0.1, -0.05) is 0 Å². The Kier molecular flexibility index (Phi) is 4.11. The van der Waals surface area contributed by atoms with Crippen molar-refractivity contribution in [2.75, 3.05) is 0 Å². The van der Waals surface area contributed by atoms with Gasteiger partial charge in [0.15, 0.2) is 5.75 Å². The van der Waals surface area contributed by atoms with Gasteiger partial charge in [-0.05, 0) is 0 Å². The second-order valence-corrected chi connectivity index (χ2v) is 5.68. The zero-order chi connectivity index (χ0) is 15.7. The van der Waals surface area contributed by atoms with E-state index < -0.39 is 42.2 Å². The summed E-state index contributed by atoms with van der Waals surface area (Å²) in [5, 5.41) is 19.3. The molecule has 12 heteroatoms. The molecule has 0 heterocycles. The second kappa shape index (κ2) is 5.14. The predicted octanol–water partition coefficient (Wildman–Crippen LogP) is 2.29. The van der Waals surface area contributed by atoms with E-state index >= 15 is 0 Å². The van der Waals surface area contributed by atoms with Crippen molar-refractivity contribution in [2.24, 2.45) is 0 Å². The molecule has 1 aromatic carbocycles. The molecule has 0 saturated carbocycles. The lowest BCUT2D eigenvalue weighted by Crippen LogP contribution is -2.19. The van der Waals surface area contributed by atoms with Gasteiger partial charge in [0.2, 0.25) is 4.90 Å². The van der Waals surface area contributed by atoms with Crippen LogP contribution < -0.4 is 4.74 Å². The maximum atomic E-state index is 12.2. The van der Waals surface area contributed by atoms with Crippen molar-refractivity contribution in [3.05, 3.63) is 27.8 Å². The first-order valence-corrected chi connectivity index (χ1v) is 6.69. The molecule has 0 amide bonds. The van der Waals surface area contributed by atoms with E-state index in [1.165, 1.54) is 6.07 Å². The molecular weight excluding hydrogens is 329 g/mol. The van der Waals surface area contributed by atoms with Gasteiger partial charge >= 0.3 is 6.36 Å². The summed E-state index contributed by atoms with van der Waals surface area (Å²) in [4.78, 5) is 7.93. The van der Waals surface area contributed by atoms with Crippen LogP contribution in [0.1, 0.15) is 5.56 Å². The molecule has 1 aromatic rings. The third-order valence-electron chi connectivity index (χ3n) is 1.83. The number of benzene rings is 1. The second-order valence-electron chi connectivity index (χ2n) is 3.18. The highest BCUT2D eigenvalue weighted by atomic mass is 35.7. The van der Waals surface area contributed by atoms with Gasteiger partial charge in [-0.25, -0.2) is 8.42 Å². The Morgan fingerprint density at radius 1 is 1.40 bits per heavy atom. The van der Waals surface area contributed by atoms with E-state index in [1.807, 2.05) is 0 Å². The van der Waals surface area contributed by atoms with Gasteiger partial charge in [0.25, 0.3) is 14.7 Å². The zero-order valence-corrected chi connectivity index (χ0v) is 10.6. The Hall–Kier alpha value is -2.06. The molecule has 0 aliphatic rings. The van der Waals surface area contributed by atoms with Crippen molar-refractivity contribution in [1.82, 2.24) is 0 Å². The average molecular weight is 331 g/mol. The molecule has 0 saturated heterocycles. The highest BCUT2D eigenvalue weighted by Gasteiger charge is 2.38. The summed E-state index contributed by atoms with van der Waals surface area (Å²) in [5.74, 6) is -1.45. The fourth-order valence-electron chi connectivity index (χ4n) is 1.23. The van der Waals surface area contributed by atoms with E-state index in [1.54, 1.807) is 0 Å². The summed E-state index contributed by atoms with van der Waals surface area (Å²) in [6, 6.07) is 2.19. The van der Waals surface area contributed by atoms with E-state index in [0.717, 1.165) is 0 Å². The van der Waals surface area contributed by atoms with Crippen LogP contribution in [0.15, 0.2) is 17.0 Å². The molecule has 0 aliphatic heterocycles. The number of ether oxygens (including phenoxy) is 1. The summed E-state index contributed by atoms with van der Waals surface area (Å²) in [6.45, 7) is 0.